The number of β-lactam (4-membered cyclic amide) rings is 1. The lowest BCUT2D eigenvalue weighted by atomic mass is 9.82. The lowest BCUT2D eigenvalue weighted by Crippen LogP contribution is -2.72. The molecule has 2 heterocycles. The SMILES string of the molecule is COc1ccc(COC(=O)C(N2C(=O)[C@H](C(OC(C)=O)[C@@H]3CCN3C(=O)OCc3ccc(OC)cc3)[C@H]2SC(c2ccccc2)(c2ccccc2)c2ccccc2)=P(c2ccccc2)(c2ccccc2)c2ccccc2)cc1. The van der Waals surface area contributed by atoms with Crippen LogP contribution in [-0.4, -0.2) is 77.4 Å². The van der Waals surface area contributed by atoms with Gasteiger partial charge in [-0.25, -0.2) is 9.59 Å². The van der Waals surface area contributed by atoms with Crippen molar-refractivity contribution in [3.63, 3.8) is 0 Å². The topological polar surface area (TPSA) is 121 Å². The second-order valence-corrected chi connectivity index (χ2v) is 23.6. The van der Waals surface area contributed by atoms with Crippen LogP contribution in [0.15, 0.2) is 231 Å². The molecule has 0 spiro atoms. The number of hydrogen-bond acceptors (Lipinski definition) is 10. The number of carbonyl (C=O) groups is 4. The molecule has 0 N–H and O–H groups in total. The van der Waals surface area contributed by atoms with E-state index in [-0.39, 0.29) is 18.6 Å². The molecule has 0 radical (unpaired) electrons. The van der Waals surface area contributed by atoms with Crippen LogP contribution in [0.1, 0.15) is 41.2 Å². The molecule has 2 amide bonds. The molecule has 2 aliphatic rings. The molecule has 11 nitrogen and oxygen atoms in total. The van der Waals surface area contributed by atoms with E-state index in [4.69, 9.17) is 23.7 Å². The third-order valence-corrected chi connectivity index (χ3v) is 20.5. The van der Waals surface area contributed by atoms with Gasteiger partial charge in [-0.1, -0.05) is 206 Å². The lowest BCUT2D eigenvalue weighted by Gasteiger charge is -2.56. The van der Waals surface area contributed by atoms with Crippen LogP contribution in [0.25, 0.3) is 0 Å². The van der Waals surface area contributed by atoms with E-state index in [0.717, 1.165) is 38.2 Å². The van der Waals surface area contributed by atoms with Crippen LogP contribution in [0.5, 0.6) is 11.5 Å². The molecule has 8 aromatic rings. The smallest absolute Gasteiger partial charge is 0.410 e. The van der Waals surface area contributed by atoms with E-state index in [1.54, 1.807) is 31.3 Å². The molecule has 0 aromatic heterocycles. The minimum atomic E-state index is -3.49. The van der Waals surface area contributed by atoms with Gasteiger partial charge in [-0.15, -0.1) is 11.8 Å². The Balaban J connectivity index is 1.22. The summed E-state index contributed by atoms with van der Waals surface area (Å²) in [4.78, 5) is 64.0. The molecule has 0 aliphatic carbocycles. The van der Waals surface area contributed by atoms with Crippen LogP contribution in [0.3, 0.4) is 0 Å². The van der Waals surface area contributed by atoms with Gasteiger partial charge in [0.15, 0.2) is 0 Å². The van der Waals surface area contributed by atoms with Gasteiger partial charge in [0, 0.05) is 20.4 Å². The van der Waals surface area contributed by atoms with Crippen LogP contribution in [0.2, 0.25) is 0 Å². The predicted molar refractivity (Wildman–Crippen MR) is 308 cm³/mol. The Morgan fingerprint density at radius 1 is 0.564 bits per heavy atom. The van der Waals surface area contributed by atoms with Crippen molar-refractivity contribution < 1.29 is 42.9 Å². The van der Waals surface area contributed by atoms with Gasteiger partial charge in [-0.3, -0.25) is 14.5 Å². The molecule has 2 fully saturated rings. The van der Waals surface area contributed by atoms with Gasteiger partial charge in [-0.05, 0) is 74.4 Å². The van der Waals surface area contributed by atoms with E-state index in [1.807, 2.05) is 182 Å². The lowest BCUT2D eigenvalue weighted by molar-refractivity contribution is -0.172. The number of methoxy groups -OCH3 is 2. The number of thioether (sulfide) groups is 1. The Hall–Kier alpha value is -8.31. The van der Waals surface area contributed by atoms with E-state index in [2.05, 4.69) is 36.4 Å². The number of amides is 2. The molecule has 2 aliphatic heterocycles. The maximum atomic E-state index is 16.6. The summed E-state index contributed by atoms with van der Waals surface area (Å²) in [5, 5.41) is 1.45. The van der Waals surface area contributed by atoms with Crippen molar-refractivity contribution in [1.82, 2.24) is 9.80 Å². The standard InChI is InChI=1S/C65H59N2O9PS/c1-46(68)76-59(57-42-43-66(57)64(71)75-45-48-36-40-53(73-3)41-37-48)58-60(69)67(62(58)78-65(49-22-10-4-11-23-49,50-24-12-5-13-25-50)51-26-14-6-15-27-51)61(63(70)74-44-47-34-38-52(72-2)39-35-47)77(54-28-16-7-17-29-54,55-30-18-8-19-31-55)56-32-20-9-21-33-56/h4-41,57-59,62H,42-45H2,1-3H3/t57-,58-,59?,62+/m0/s1. The fourth-order valence-corrected chi connectivity index (χ4v) is 17.0. The Kier molecular flexibility index (Phi) is 16.3. The Bertz CT molecular complexity index is 3190. The summed E-state index contributed by atoms with van der Waals surface area (Å²) in [6, 6.07) is 73.7. The summed E-state index contributed by atoms with van der Waals surface area (Å²) in [6.45, 7) is -2.02. The Morgan fingerprint density at radius 3 is 1.33 bits per heavy atom. The molecule has 8 aromatic carbocycles. The van der Waals surface area contributed by atoms with E-state index in [1.165, 1.54) is 23.6 Å². The second kappa shape index (κ2) is 23.9. The molecule has 10 rings (SSSR count). The summed E-state index contributed by atoms with van der Waals surface area (Å²) in [6.07, 6.45) is -1.38. The first-order valence-electron chi connectivity index (χ1n) is 25.8. The van der Waals surface area contributed by atoms with Crippen molar-refractivity contribution in [3.05, 3.63) is 258 Å². The molecular formula is C65H59N2O9PS. The number of hydrogen-bond donors (Lipinski definition) is 0. The molecule has 0 saturated carbocycles. The maximum absolute atomic E-state index is 16.6. The zero-order chi connectivity index (χ0) is 54.1. The highest BCUT2D eigenvalue weighted by molar-refractivity contribution is 8.01. The van der Waals surface area contributed by atoms with Gasteiger partial charge in [0.1, 0.15) is 42.2 Å². The number of benzene rings is 8. The summed E-state index contributed by atoms with van der Waals surface area (Å²) in [7, 11) is 3.18. The normalized spacial score (nSPS) is 16.4. The molecule has 2 saturated heterocycles. The molecule has 4 atom stereocenters. The minimum absolute atomic E-state index is 0.0200. The van der Waals surface area contributed by atoms with Gasteiger partial charge in [0.25, 0.3) is 0 Å². The first kappa shape index (κ1) is 53.1. The largest absolute Gasteiger partial charge is 0.497 e. The van der Waals surface area contributed by atoms with E-state index >= 15 is 9.59 Å². The average Bonchev–Trinajstić information content (AvgIpc) is 3.51. The van der Waals surface area contributed by atoms with Crippen LogP contribution in [-0.2, 0) is 46.6 Å². The highest BCUT2D eigenvalue weighted by Gasteiger charge is 2.63. The quantitative estimate of drug-likeness (QED) is 0.0254. The first-order valence-corrected chi connectivity index (χ1v) is 28.5. The molecule has 1 unspecified atom stereocenters. The molecule has 13 heteroatoms. The fourth-order valence-electron chi connectivity index (χ4n) is 10.7. The first-order chi connectivity index (χ1) is 38.2. The number of carbonyl (C=O) groups excluding carboxylic acids is 4. The van der Waals surface area contributed by atoms with Crippen molar-refractivity contribution in [2.24, 2.45) is 5.92 Å². The summed E-state index contributed by atoms with van der Waals surface area (Å²) < 4.78 is 28.6. The minimum Gasteiger partial charge on any atom is -0.497 e. The van der Waals surface area contributed by atoms with Gasteiger partial charge in [-0.2, -0.15) is 0 Å². The second-order valence-electron chi connectivity index (χ2n) is 19.0. The van der Waals surface area contributed by atoms with Crippen molar-refractivity contribution in [2.75, 3.05) is 20.8 Å². The summed E-state index contributed by atoms with van der Waals surface area (Å²) >= 11 is 1.50. The highest BCUT2D eigenvalue weighted by Crippen LogP contribution is 2.58. The molecule has 78 heavy (non-hydrogen) atoms. The molecule has 0 bridgehead atoms. The number of rotatable bonds is 19. The fraction of sp³-hybridized carbons (Fsp3) is 0.185. The molecular weight excluding hydrogens is 1020 g/mol. The van der Waals surface area contributed by atoms with Crippen molar-refractivity contribution in [3.8, 4) is 11.5 Å². The highest BCUT2D eigenvalue weighted by atomic mass is 32.2. The van der Waals surface area contributed by atoms with Crippen LogP contribution in [0, 0.1) is 5.92 Å². The zero-order valence-electron chi connectivity index (χ0n) is 43.5. The van der Waals surface area contributed by atoms with Gasteiger partial charge < -0.3 is 28.6 Å². The zero-order valence-corrected chi connectivity index (χ0v) is 45.2. The van der Waals surface area contributed by atoms with E-state index < -0.39 is 59.0 Å². The van der Waals surface area contributed by atoms with Gasteiger partial charge in [0.05, 0.1) is 30.4 Å². The Morgan fingerprint density at radius 2 is 0.962 bits per heavy atom. The van der Waals surface area contributed by atoms with Crippen LogP contribution in [0.4, 0.5) is 4.79 Å². The van der Waals surface area contributed by atoms with Crippen molar-refractivity contribution in [2.45, 2.75) is 48.8 Å². The van der Waals surface area contributed by atoms with Crippen molar-refractivity contribution in [1.29, 1.82) is 0 Å². The van der Waals surface area contributed by atoms with Gasteiger partial charge >= 0.3 is 18.0 Å². The van der Waals surface area contributed by atoms with Crippen molar-refractivity contribution >= 4 is 63.9 Å². The number of nitrogens with zero attached hydrogens (tertiary/aromatic N) is 2. The third kappa shape index (κ3) is 10.5. The van der Waals surface area contributed by atoms with E-state index in [0.29, 0.717) is 30.0 Å². The van der Waals surface area contributed by atoms with E-state index in [9.17, 15) is 9.59 Å². The Labute approximate surface area is 459 Å². The third-order valence-electron chi connectivity index (χ3n) is 14.5. The number of esters is 2. The van der Waals surface area contributed by atoms with Gasteiger partial charge in [0.2, 0.25) is 5.91 Å². The number of likely N-dealkylation sites (tertiary alicyclic amines) is 2. The summed E-state index contributed by atoms with van der Waals surface area (Å²) in [5.74, 6) is -1.60. The maximum Gasteiger partial charge on any atom is 0.410 e. The van der Waals surface area contributed by atoms with Crippen LogP contribution >= 0.6 is 18.6 Å². The monoisotopic (exact) mass is 1070 g/mol. The summed E-state index contributed by atoms with van der Waals surface area (Å²) in [5.41, 5.74) is 4.32. The number of ether oxygens (including phenoxy) is 5. The predicted octanol–water partition coefficient (Wildman–Crippen LogP) is 10.7. The van der Waals surface area contributed by atoms with Crippen LogP contribution < -0.4 is 25.4 Å². The average molecular weight is 1080 g/mol. The molecule has 394 valence electrons.